The fourth-order valence-corrected chi connectivity index (χ4v) is 0.536. The Morgan fingerprint density at radius 2 is 1.73 bits per heavy atom. The lowest BCUT2D eigenvalue weighted by Gasteiger charge is -1.88. The van der Waals surface area contributed by atoms with Crippen LogP contribution in [0.25, 0.3) is 0 Å². The average molecular weight is 194 g/mol. The molecule has 0 rings (SSSR count). The van der Waals surface area contributed by atoms with Crippen LogP contribution in [0.3, 0.4) is 0 Å². The minimum Gasteiger partial charge on any atom is -0.389 e. The van der Waals surface area contributed by atoms with E-state index in [0.29, 0.717) is 0 Å². The van der Waals surface area contributed by atoms with E-state index >= 15 is 0 Å². The first-order valence-corrected chi connectivity index (χ1v) is 4.25. The maximum absolute atomic E-state index is 8.87. The van der Waals surface area contributed by atoms with Crippen molar-refractivity contribution in [1.82, 2.24) is 0 Å². The van der Waals surface area contributed by atoms with E-state index in [4.69, 9.17) is 11.5 Å². The van der Waals surface area contributed by atoms with E-state index in [0.717, 1.165) is 0 Å². The lowest BCUT2D eigenvalue weighted by Crippen LogP contribution is -1.90. The number of hydrogen-bond acceptors (Lipinski definition) is 1. The van der Waals surface area contributed by atoms with Gasteiger partial charge in [0.15, 0.2) is 0 Å². The summed E-state index contributed by atoms with van der Waals surface area (Å²) in [6.45, 7) is 1.67. The molecule has 0 aliphatic heterocycles. The minimum atomic E-state index is -0.443. The molecular formula is C14H10O. The Balaban J connectivity index is 4.00. The molecule has 0 radical (unpaired) electrons. The van der Waals surface area contributed by atoms with E-state index in [1.165, 1.54) is 0 Å². The second-order valence-electron chi connectivity index (χ2n) is 2.40. The number of terminal acetylenes is 1. The molecule has 0 saturated carbocycles. The third-order valence-corrected chi connectivity index (χ3v) is 1.07. The van der Waals surface area contributed by atoms with Gasteiger partial charge in [0.05, 0.1) is 6.10 Å². The van der Waals surface area contributed by atoms with Crippen LogP contribution in [0.2, 0.25) is 0 Å². The predicted octanol–water partition coefficient (Wildman–Crippen LogP) is 1.12. The number of rotatable bonds is 2. The van der Waals surface area contributed by atoms with Gasteiger partial charge in [-0.25, -0.2) is 0 Å². The van der Waals surface area contributed by atoms with Crippen molar-refractivity contribution in [3.8, 4) is 47.9 Å². The lowest BCUT2D eigenvalue weighted by molar-refractivity contribution is 0.244. The molecule has 0 bridgehead atoms. The highest BCUT2D eigenvalue weighted by Crippen LogP contribution is 1.83. The zero-order valence-electron chi connectivity index (χ0n) is 8.41. The van der Waals surface area contributed by atoms with Crippen molar-refractivity contribution in [2.24, 2.45) is 0 Å². The maximum Gasteiger partial charge on any atom is 0.0695 e. The van der Waals surface area contributed by atoms with Crippen molar-refractivity contribution in [2.45, 2.75) is 13.0 Å². The topological polar surface area (TPSA) is 20.2 Å². The van der Waals surface area contributed by atoms with E-state index in [1.54, 1.807) is 31.2 Å². The van der Waals surface area contributed by atoms with Crippen molar-refractivity contribution < 1.29 is 5.11 Å². The zero-order valence-corrected chi connectivity index (χ0v) is 8.41. The highest BCUT2D eigenvalue weighted by molar-refractivity contribution is 5.40. The fourth-order valence-electron chi connectivity index (χ4n) is 0.536. The third kappa shape index (κ3) is 11.7. The lowest BCUT2D eigenvalue weighted by atomic mass is 10.3. The molecule has 0 heterocycles. The van der Waals surface area contributed by atoms with E-state index in [9.17, 15) is 0 Å². The summed E-state index contributed by atoms with van der Waals surface area (Å²) < 4.78 is 0. The third-order valence-electron chi connectivity index (χ3n) is 1.07. The summed E-state index contributed by atoms with van der Waals surface area (Å²) in [5.41, 5.74) is 0. The number of allylic oxidation sites excluding steroid dienone is 3. The summed E-state index contributed by atoms with van der Waals surface area (Å²) >= 11 is 0. The molecule has 1 atom stereocenters. The normalized spacial score (nSPS) is 10.2. The second kappa shape index (κ2) is 9.77. The van der Waals surface area contributed by atoms with Gasteiger partial charge in [0.1, 0.15) is 0 Å². The van der Waals surface area contributed by atoms with E-state index in [1.807, 2.05) is 0 Å². The van der Waals surface area contributed by atoms with Gasteiger partial charge in [0.25, 0.3) is 0 Å². The molecule has 1 N–H and O–H groups in total. The van der Waals surface area contributed by atoms with Crippen LogP contribution in [0.5, 0.6) is 0 Å². The van der Waals surface area contributed by atoms with E-state index < -0.39 is 6.10 Å². The molecule has 0 aromatic heterocycles. The summed E-state index contributed by atoms with van der Waals surface area (Å²) in [5.74, 6) is 17.2. The molecule has 0 aromatic carbocycles. The van der Waals surface area contributed by atoms with Crippen LogP contribution in [0.1, 0.15) is 6.92 Å². The molecule has 0 fully saturated rings. The summed E-state index contributed by atoms with van der Waals surface area (Å²) in [6.07, 6.45) is 11.1. The summed E-state index contributed by atoms with van der Waals surface area (Å²) in [6, 6.07) is 0. The molecule has 0 aromatic rings. The van der Waals surface area contributed by atoms with E-state index in [2.05, 4.69) is 41.4 Å². The molecule has 0 amide bonds. The number of aliphatic hydroxyl groups excluding tert-OH is 1. The summed E-state index contributed by atoms with van der Waals surface area (Å²) in [4.78, 5) is 0. The second-order valence-corrected chi connectivity index (χ2v) is 2.40. The average Bonchev–Trinajstić information content (AvgIpc) is 2.20. The Bertz CT molecular complexity index is 451. The van der Waals surface area contributed by atoms with Gasteiger partial charge >= 0.3 is 0 Å². The van der Waals surface area contributed by atoms with Crippen LogP contribution in [-0.4, -0.2) is 11.2 Å². The van der Waals surface area contributed by atoms with Gasteiger partial charge in [0, 0.05) is 0 Å². The van der Waals surface area contributed by atoms with Crippen LogP contribution in [0, 0.1) is 47.9 Å². The van der Waals surface area contributed by atoms with Crippen LogP contribution in [0.15, 0.2) is 24.3 Å². The highest BCUT2D eigenvalue weighted by Gasteiger charge is 1.79. The van der Waals surface area contributed by atoms with Gasteiger partial charge in [-0.1, -0.05) is 24.1 Å². The first kappa shape index (κ1) is 12.7. The quantitative estimate of drug-likeness (QED) is 0.516. The Kier molecular flexibility index (Phi) is 8.26. The summed E-state index contributed by atoms with van der Waals surface area (Å²) in [7, 11) is 0. The van der Waals surface area contributed by atoms with Crippen molar-refractivity contribution in [1.29, 1.82) is 0 Å². The molecular weight excluding hydrogens is 184 g/mol. The summed E-state index contributed by atoms with van der Waals surface area (Å²) in [5, 5.41) is 8.87. The van der Waals surface area contributed by atoms with Gasteiger partial charge in [-0.05, 0) is 48.5 Å². The molecule has 15 heavy (non-hydrogen) atoms. The molecule has 0 aliphatic carbocycles. The van der Waals surface area contributed by atoms with Gasteiger partial charge in [-0.2, -0.15) is 0 Å². The zero-order chi connectivity index (χ0) is 11.4. The highest BCUT2D eigenvalue weighted by atomic mass is 16.3. The SMILES string of the molecule is C#CC#CC#CC#C/C=C/C=C/C(C)O. The Labute approximate surface area is 90.9 Å². The van der Waals surface area contributed by atoms with E-state index in [-0.39, 0.29) is 0 Å². The largest absolute Gasteiger partial charge is 0.389 e. The smallest absolute Gasteiger partial charge is 0.0695 e. The molecule has 1 unspecified atom stereocenters. The number of hydrogen-bond donors (Lipinski definition) is 1. The fraction of sp³-hybridized carbons (Fsp3) is 0.143. The Morgan fingerprint density at radius 1 is 1.07 bits per heavy atom. The number of aliphatic hydroxyl groups is 1. The molecule has 72 valence electrons. The maximum atomic E-state index is 8.87. The molecule has 0 saturated heterocycles. The first-order valence-electron chi connectivity index (χ1n) is 4.25. The van der Waals surface area contributed by atoms with Gasteiger partial charge in [-0.3, -0.25) is 0 Å². The van der Waals surface area contributed by atoms with Crippen molar-refractivity contribution in [3.63, 3.8) is 0 Å². The van der Waals surface area contributed by atoms with Gasteiger partial charge in [-0.15, -0.1) is 6.42 Å². The molecule has 0 aliphatic rings. The van der Waals surface area contributed by atoms with Crippen LogP contribution in [-0.2, 0) is 0 Å². The van der Waals surface area contributed by atoms with Crippen molar-refractivity contribution in [3.05, 3.63) is 24.3 Å². The van der Waals surface area contributed by atoms with Crippen molar-refractivity contribution >= 4 is 0 Å². The monoisotopic (exact) mass is 194 g/mol. The van der Waals surface area contributed by atoms with Gasteiger partial charge < -0.3 is 5.11 Å². The molecule has 0 spiro atoms. The Morgan fingerprint density at radius 3 is 2.40 bits per heavy atom. The van der Waals surface area contributed by atoms with Crippen molar-refractivity contribution in [2.75, 3.05) is 0 Å². The minimum absolute atomic E-state index is 0.443. The molecule has 1 heteroatoms. The Hall–Kier alpha value is -2.32. The standard InChI is InChI=1S/C14H10O/c1-3-4-5-6-7-8-9-10-11-12-13-14(2)15/h1,10-15H,2H3/b11-10+,13-12+. The van der Waals surface area contributed by atoms with Gasteiger partial charge in [0.2, 0.25) is 0 Å². The van der Waals surface area contributed by atoms with Crippen LogP contribution < -0.4 is 0 Å². The predicted molar refractivity (Wildman–Crippen MR) is 62.1 cm³/mol. The van der Waals surface area contributed by atoms with Crippen LogP contribution in [0.4, 0.5) is 0 Å². The van der Waals surface area contributed by atoms with Crippen LogP contribution >= 0.6 is 0 Å². The first-order chi connectivity index (χ1) is 7.27. The molecule has 1 nitrogen and oxygen atoms in total.